The summed E-state index contributed by atoms with van der Waals surface area (Å²) in [6.07, 6.45) is 0.299. The van der Waals surface area contributed by atoms with Gasteiger partial charge in [-0.25, -0.2) is 12.7 Å². The first-order valence-electron chi connectivity index (χ1n) is 4.24. The van der Waals surface area contributed by atoms with E-state index in [1.165, 1.54) is 4.31 Å². The van der Waals surface area contributed by atoms with E-state index in [1.54, 1.807) is 13.8 Å². The van der Waals surface area contributed by atoms with Gasteiger partial charge in [-0.2, -0.15) is 0 Å². The zero-order chi connectivity index (χ0) is 10.5. The Hall–Kier alpha value is -0.620. The molecule has 0 aliphatic carbocycles. The lowest BCUT2D eigenvalue weighted by Crippen LogP contribution is -2.34. The molecule has 0 saturated carbocycles. The molecule has 0 unspecified atom stereocenters. The van der Waals surface area contributed by atoms with Crippen molar-refractivity contribution in [2.75, 3.05) is 18.8 Å². The molecule has 3 N–H and O–H groups in total. The lowest BCUT2D eigenvalue weighted by atomic mass is 10.4. The van der Waals surface area contributed by atoms with Crippen molar-refractivity contribution in [2.45, 2.75) is 20.3 Å². The van der Waals surface area contributed by atoms with Crippen molar-refractivity contribution in [3.05, 3.63) is 0 Å². The van der Waals surface area contributed by atoms with Gasteiger partial charge in [-0.05, 0) is 6.92 Å². The highest BCUT2D eigenvalue weighted by atomic mass is 32.2. The molecule has 0 aromatic carbocycles. The molecule has 0 aliphatic rings. The Morgan fingerprint density at radius 2 is 2.00 bits per heavy atom. The number of sulfonamides is 1. The average molecular weight is 207 g/mol. The number of hydrogen-bond donors (Lipinski definition) is 2. The summed E-state index contributed by atoms with van der Waals surface area (Å²) in [5, 5.41) is 6.98. The standard InChI is InChI=1S/C7H17N3O2S/c1-3-10(6-5-7(8)9)13(11,12)4-2/h3-6H2,1-2H3,(H3,8,9). The minimum atomic E-state index is -3.12. The van der Waals surface area contributed by atoms with Crippen molar-refractivity contribution in [3.63, 3.8) is 0 Å². The normalized spacial score (nSPS) is 11.9. The van der Waals surface area contributed by atoms with Crippen LogP contribution in [0.3, 0.4) is 0 Å². The molecule has 0 radical (unpaired) electrons. The summed E-state index contributed by atoms with van der Waals surface area (Å²) in [6, 6.07) is 0. The van der Waals surface area contributed by atoms with E-state index >= 15 is 0 Å². The third-order valence-corrected chi connectivity index (χ3v) is 3.70. The van der Waals surface area contributed by atoms with E-state index in [0.717, 1.165) is 0 Å². The summed E-state index contributed by atoms with van der Waals surface area (Å²) in [6.45, 7) is 4.12. The third kappa shape index (κ3) is 4.23. The van der Waals surface area contributed by atoms with Crippen LogP contribution in [-0.2, 0) is 10.0 Å². The van der Waals surface area contributed by atoms with E-state index in [-0.39, 0.29) is 11.6 Å². The van der Waals surface area contributed by atoms with E-state index in [2.05, 4.69) is 0 Å². The number of nitrogens with two attached hydrogens (primary N) is 1. The number of amidine groups is 1. The zero-order valence-corrected chi connectivity index (χ0v) is 8.89. The predicted molar refractivity (Wildman–Crippen MR) is 53.2 cm³/mol. The molecule has 0 atom stereocenters. The van der Waals surface area contributed by atoms with Crippen molar-refractivity contribution in [1.29, 1.82) is 5.41 Å². The van der Waals surface area contributed by atoms with Crippen molar-refractivity contribution >= 4 is 15.9 Å². The molecule has 0 saturated heterocycles. The Morgan fingerprint density at radius 1 is 1.46 bits per heavy atom. The van der Waals surface area contributed by atoms with Crippen molar-refractivity contribution < 1.29 is 8.42 Å². The molecule has 0 fully saturated rings. The number of nitrogens with zero attached hydrogens (tertiary/aromatic N) is 1. The lowest BCUT2D eigenvalue weighted by molar-refractivity contribution is 0.437. The molecule has 0 spiro atoms. The van der Waals surface area contributed by atoms with Crippen molar-refractivity contribution in [3.8, 4) is 0 Å². The Kier molecular flexibility index (Phi) is 4.94. The second kappa shape index (κ2) is 5.18. The fourth-order valence-electron chi connectivity index (χ4n) is 0.922. The van der Waals surface area contributed by atoms with Gasteiger partial charge in [-0.15, -0.1) is 0 Å². The molecule has 5 nitrogen and oxygen atoms in total. The minimum absolute atomic E-state index is 0.0183. The quantitative estimate of drug-likeness (QED) is 0.474. The number of rotatable bonds is 6. The van der Waals surface area contributed by atoms with Gasteiger partial charge in [-0.1, -0.05) is 6.92 Å². The van der Waals surface area contributed by atoms with Gasteiger partial charge >= 0.3 is 0 Å². The molecule has 0 rings (SSSR count). The van der Waals surface area contributed by atoms with Crippen LogP contribution in [-0.4, -0.2) is 37.4 Å². The van der Waals surface area contributed by atoms with Gasteiger partial charge in [0.2, 0.25) is 10.0 Å². The Morgan fingerprint density at radius 3 is 2.31 bits per heavy atom. The SMILES string of the molecule is CCN(CCC(=N)N)S(=O)(=O)CC. The summed E-state index contributed by atoms with van der Waals surface area (Å²) in [5.74, 6) is 0.114. The summed E-state index contributed by atoms with van der Waals surface area (Å²) >= 11 is 0. The largest absolute Gasteiger partial charge is 0.388 e. The maximum Gasteiger partial charge on any atom is 0.213 e. The van der Waals surface area contributed by atoms with Crippen molar-refractivity contribution in [1.82, 2.24) is 4.31 Å². The molecule has 6 heteroatoms. The molecule has 0 aromatic rings. The van der Waals surface area contributed by atoms with Crippen LogP contribution >= 0.6 is 0 Å². The zero-order valence-electron chi connectivity index (χ0n) is 8.08. The smallest absolute Gasteiger partial charge is 0.213 e. The van der Waals surface area contributed by atoms with E-state index in [9.17, 15) is 8.42 Å². The van der Waals surface area contributed by atoms with E-state index in [1.807, 2.05) is 0 Å². The molecule has 0 aliphatic heterocycles. The Balaban J connectivity index is 4.27. The average Bonchev–Trinajstić information content (AvgIpc) is 2.04. The topological polar surface area (TPSA) is 87.2 Å². The maximum absolute atomic E-state index is 11.4. The van der Waals surface area contributed by atoms with Crippen LogP contribution in [0.2, 0.25) is 0 Å². The van der Waals surface area contributed by atoms with E-state index < -0.39 is 10.0 Å². The highest BCUT2D eigenvalue weighted by molar-refractivity contribution is 7.89. The molecule has 13 heavy (non-hydrogen) atoms. The van der Waals surface area contributed by atoms with Gasteiger partial charge in [-0.3, -0.25) is 5.41 Å². The summed E-state index contributed by atoms with van der Waals surface area (Å²) in [5.41, 5.74) is 5.14. The molecule has 0 aromatic heterocycles. The number of nitrogens with one attached hydrogen (secondary N) is 1. The molecule has 0 heterocycles. The first kappa shape index (κ1) is 12.4. The first-order valence-corrected chi connectivity index (χ1v) is 5.85. The van der Waals surface area contributed by atoms with Crippen LogP contribution in [0.15, 0.2) is 0 Å². The van der Waals surface area contributed by atoms with Gasteiger partial charge in [0.1, 0.15) is 0 Å². The Labute approximate surface area is 79.5 Å². The van der Waals surface area contributed by atoms with Crippen LogP contribution in [0.25, 0.3) is 0 Å². The lowest BCUT2D eigenvalue weighted by Gasteiger charge is -2.18. The minimum Gasteiger partial charge on any atom is -0.388 e. The van der Waals surface area contributed by atoms with Gasteiger partial charge in [0.15, 0.2) is 0 Å². The highest BCUT2D eigenvalue weighted by Gasteiger charge is 2.17. The summed E-state index contributed by atoms with van der Waals surface area (Å²) < 4.78 is 24.1. The molecule has 0 amide bonds. The fraction of sp³-hybridized carbons (Fsp3) is 0.857. The molecule has 78 valence electrons. The van der Waals surface area contributed by atoms with Crippen molar-refractivity contribution in [2.24, 2.45) is 5.73 Å². The fourth-order valence-corrected chi connectivity index (χ4v) is 2.05. The van der Waals surface area contributed by atoms with E-state index in [4.69, 9.17) is 11.1 Å². The third-order valence-electron chi connectivity index (χ3n) is 1.74. The molecule has 0 bridgehead atoms. The monoisotopic (exact) mass is 207 g/mol. The highest BCUT2D eigenvalue weighted by Crippen LogP contribution is 2.01. The van der Waals surface area contributed by atoms with Gasteiger partial charge < -0.3 is 5.73 Å². The first-order chi connectivity index (χ1) is 5.94. The second-order valence-electron chi connectivity index (χ2n) is 2.67. The van der Waals surface area contributed by atoms with Gasteiger partial charge in [0.05, 0.1) is 11.6 Å². The van der Waals surface area contributed by atoms with Gasteiger partial charge in [0.25, 0.3) is 0 Å². The van der Waals surface area contributed by atoms with Crippen LogP contribution in [0.5, 0.6) is 0 Å². The maximum atomic E-state index is 11.4. The second-order valence-corrected chi connectivity index (χ2v) is 4.93. The summed E-state index contributed by atoms with van der Waals surface area (Å²) in [7, 11) is -3.12. The van der Waals surface area contributed by atoms with Crippen LogP contribution in [0.4, 0.5) is 0 Å². The van der Waals surface area contributed by atoms with Gasteiger partial charge in [0, 0.05) is 19.5 Å². The Bertz CT molecular complexity index is 261. The summed E-state index contributed by atoms with van der Waals surface area (Å²) in [4.78, 5) is 0. The van der Waals surface area contributed by atoms with Crippen LogP contribution < -0.4 is 5.73 Å². The predicted octanol–water partition coefficient (Wildman–Crippen LogP) is -0.0159. The number of hydrogen-bond acceptors (Lipinski definition) is 3. The molecular weight excluding hydrogens is 190 g/mol. The van der Waals surface area contributed by atoms with Crippen LogP contribution in [0, 0.1) is 5.41 Å². The van der Waals surface area contributed by atoms with E-state index in [0.29, 0.717) is 19.5 Å². The van der Waals surface area contributed by atoms with Crippen LogP contribution in [0.1, 0.15) is 20.3 Å². The molecular formula is C7H17N3O2S.